The molecule has 3 rings (SSSR count). The van der Waals surface area contributed by atoms with Crippen LogP contribution < -0.4 is 9.62 Å². The Balaban J connectivity index is 1.81. The fourth-order valence-corrected chi connectivity index (χ4v) is 4.08. The molecule has 0 saturated heterocycles. The van der Waals surface area contributed by atoms with Crippen molar-refractivity contribution in [3.63, 3.8) is 0 Å². The first-order valence-electron chi connectivity index (χ1n) is 9.55. The second kappa shape index (κ2) is 9.44. The highest BCUT2D eigenvalue weighted by molar-refractivity contribution is 7.92. The fraction of sp³-hybridized carbons (Fsp3) is 0.130. The van der Waals surface area contributed by atoms with Crippen molar-refractivity contribution in [3.8, 4) is 0 Å². The lowest BCUT2D eigenvalue weighted by molar-refractivity contribution is 0.0526. The number of hydrogen-bond donors (Lipinski definition) is 1. The van der Waals surface area contributed by atoms with E-state index < -0.39 is 21.9 Å². The standard InChI is InChI=1S/C23H22N2O5S/c1-3-30-23(27)18-10-7-11-19(15-18)24-22(26)17-9-8-12-20(16-17)25(2)31(28,29)21-13-5-4-6-14-21/h4-16H,3H2,1-2H3,(H,24,26). The van der Waals surface area contributed by atoms with E-state index in [0.29, 0.717) is 16.9 Å². The Bertz CT molecular complexity index is 1190. The normalized spacial score (nSPS) is 10.9. The molecular formula is C23H22N2O5S. The van der Waals surface area contributed by atoms with E-state index in [-0.39, 0.29) is 17.1 Å². The zero-order valence-corrected chi connectivity index (χ0v) is 17.9. The minimum absolute atomic E-state index is 0.156. The Morgan fingerprint density at radius 2 is 1.58 bits per heavy atom. The maximum absolute atomic E-state index is 12.8. The Morgan fingerprint density at radius 3 is 2.29 bits per heavy atom. The number of anilines is 2. The highest BCUT2D eigenvalue weighted by Crippen LogP contribution is 2.23. The summed E-state index contributed by atoms with van der Waals surface area (Å²) in [6.07, 6.45) is 0. The monoisotopic (exact) mass is 438 g/mol. The van der Waals surface area contributed by atoms with Gasteiger partial charge in [-0.25, -0.2) is 13.2 Å². The Hall–Kier alpha value is -3.65. The smallest absolute Gasteiger partial charge is 0.338 e. The van der Waals surface area contributed by atoms with Crippen LogP contribution in [0.5, 0.6) is 0 Å². The summed E-state index contributed by atoms with van der Waals surface area (Å²) in [5.74, 6) is -0.915. The Kier molecular flexibility index (Phi) is 6.71. The summed E-state index contributed by atoms with van der Waals surface area (Å²) in [5, 5.41) is 2.72. The van der Waals surface area contributed by atoms with Crippen LogP contribution >= 0.6 is 0 Å². The van der Waals surface area contributed by atoms with E-state index >= 15 is 0 Å². The number of amides is 1. The molecule has 0 unspecified atom stereocenters. The number of ether oxygens (including phenoxy) is 1. The summed E-state index contributed by atoms with van der Waals surface area (Å²) in [6, 6.07) is 20.7. The van der Waals surface area contributed by atoms with Gasteiger partial charge < -0.3 is 10.1 Å². The van der Waals surface area contributed by atoms with Crippen LogP contribution in [0.1, 0.15) is 27.6 Å². The van der Waals surface area contributed by atoms with Gasteiger partial charge >= 0.3 is 5.97 Å². The Morgan fingerprint density at radius 1 is 0.903 bits per heavy atom. The molecule has 3 aromatic rings. The minimum Gasteiger partial charge on any atom is -0.462 e. The molecule has 1 N–H and O–H groups in total. The highest BCUT2D eigenvalue weighted by Gasteiger charge is 2.21. The third-order valence-electron chi connectivity index (χ3n) is 4.51. The fourth-order valence-electron chi connectivity index (χ4n) is 2.87. The molecule has 8 heteroatoms. The summed E-state index contributed by atoms with van der Waals surface area (Å²) in [4.78, 5) is 24.8. The predicted molar refractivity (Wildman–Crippen MR) is 119 cm³/mol. The second-order valence-electron chi connectivity index (χ2n) is 6.59. The first-order valence-corrected chi connectivity index (χ1v) is 11.0. The molecule has 31 heavy (non-hydrogen) atoms. The molecule has 0 aromatic heterocycles. The van der Waals surface area contributed by atoms with Crippen molar-refractivity contribution in [2.45, 2.75) is 11.8 Å². The lowest BCUT2D eigenvalue weighted by Crippen LogP contribution is -2.26. The molecule has 0 aliphatic rings. The zero-order valence-electron chi connectivity index (χ0n) is 17.1. The number of hydrogen-bond acceptors (Lipinski definition) is 5. The number of carbonyl (C=O) groups excluding carboxylic acids is 2. The van der Waals surface area contributed by atoms with Gasteiger partial charge in [-0.15, -0.1) is 0 Å². The van der Waals surface area contributed by atoms with Crippen molar-refractivity contribution in [2.24, 2.45) is 0 Å². The Labute approximate surface area is 181 Å². The van der Waals surface area contributed by atoms with Gasteiger partial charge in [-0.3, -0.25) is 9.10 Å². The molecule has 0 heterocycles. The van der Waals surface area contributed by atoms with Gasteiger partial charge in [0.1, 0.15) is 0 Å². The van der Waals surface area contributed by atoms with E-state index in [2.05, 4.69) is 5.32 Å². The summed E-state index contributed by atoms with van der Waals surface area (Å²) in [5.41, 5.74) is 1.36. The van der Waals surface area contributed by atoms with Crippen LogP contribution in [0, 0.1) is 0 Å². The summed E-state index contributed by atoms with van der Waals surface area (Å²) in [7, 11) is -2.33. The van der Waals surface area contributed by atoms with E-state index in [1.807, 2.05) is 0 Å². The molecule has 0 radical (unpaired) electrons. The summed E-state index contributed by atoms with van der Waals surface area (Å²) in [6.45, 7) is 1.97. The molecule has 0 saturated carbocycles. The molecule has 0 aliphatic heterocycles. The average molecular weight is 439 g/mol. The van der Waals surface area contributed by atoms with Crippen molar-refractivity contribution in [1.82, 2.24) is 0 Å². The summed E-state index contributed by atoms with van der Waals surface area (Å²) < 4.78 is 31.8. The number of nitrogens with zero attached hydrogens (tertiary/aromatic N) is 1. The van der Waals surface area contributed by atoms with Crippen LogP contribution in [0.3, 0.4) is 0 Å². The number of esters is 1. The first-order chi connectivity index (χ1) is 14.8. The first kappa shape index (κ1) is 22.0. The van der Waals surface area contributed by atoms with Gasteiger partial charge in [-0.1, -0.05) is 30.3 Å². The van der Waals surface area contributed by atoms with Crippen LogP contribution in [-0.2, 0) is 14.8 Å². The van der Waals surface area contributed by atoms with Gasteiger partial charge in [0.25, 0.3) is 15.9 Å². The molecule has 0 spiro atoms. The summed E-state index contributed by atoms with van der Waals surface area (Å²) >= 11 is 0. The molecule has 7 nitrogen and oxygen atoms in total. The number of benzene rings is 3. The number of carbonyl (C=O) groups is 2. The van der Waals surface area contributed by atoms with Crippen LogP contribution in [-0.4, -0.2) is 33.9 Å². The maximum atomic E-state index is 12.8. The zero-order chi connectivity index (χ0) is 22.4. The highest BCUT2D eigenvalue weighted by atomic mass is 32.2. The second-order valence-corrected chi connectivity index (χ2v) is 8.56. The van der Waals surface area contributed by atoms with E-state index in [1.54, 1.807) is 61.5 Å². The van der Waals surface area contributed by atoms with Crippen LogP contribution in [0.25, 0.3) is 0 Å². The molecular weight excluding hydrogens is 416 g/mol. The molecule has 0 aliphatic carbocycles. The van der Waals surface area contributed by atoms with Gasteiger partial charge in [0.2, 0.25) is 0 Å². The largest absolute Gasteiger partial charge is 0.462 e. The van der Waals surface area contributed by atoms with Gasteiger partial charge in [0.15, 0.2) is 0 Å². The minimum atomic E-state index is -3.76. The quantitative estimate of drug-likeness (QED) is 0.564. The molecule has 0 fully saturated rings. The molecule has 1 amide bonds. The lowest BCUT2D eigenvalue weighted by atomic mass is 10.1. The van der Waals surface area contributed by atoms with Gasteiger partial charge in [-0.05, 0) is 55.5 Å². The average Bonchev–Trinajstić information content (AvgIpc) is 2.79. The molecule has 0 bridgehead atoms. The number of nitrogens with one attached hydrogen (secondary N) is 1. The van der Waals surface area contributed by atoms with Crippen molar-refractivity contribution >= 4 is 33.3 Å². The third kappa shape index (κ3) is 5.10. The van der Waals surface area contributed by atoms with Crippen molar-refractivity contribution in [1.29, 1.82) is 0 Å². The maximum Gasteiger partial charge on any atom is 0.338 e. The topological polar surface area (TPSA) is 92.8 Å². The molecule has 160 valence electrons. The number of sulfonamides is 1. The van der Waals surface area contributed by atoms with Gasteiger partial charge in [0.05, 0.1) is 22.8 Å². The van der Waals surface area contributed by atoms with E-state index in [9.17, 15) is 18.0 Å². The van der Waals surface area contributed by atoms with Crippen molar-refractivity contribution < 1.29 is 22.7 Å². The predicted octanol–water partition coefficient (Wildman–Crippen LogP) is 3.94. The van der Waals surface area contributed by atoms with E-state index in [0.717, 1.165) is 4.31 Å². The van der Waals surface area contributed by atoms with Crippen molar-refractivity contribution in [3.05, 3.63) is 90.0 Å². The molecule has 0 atom stereocenters. The van der Waals surface area contributed by atoms with E-state index in [1.165, 1.54) is 31.3 Å². The van der Waals surface area contributed by atoms with Crippen LogP contribution in [0.4, 0.5) is 11.4 Å². The SMILES string of the molecule is CCOC(=O)c1cccc(NC(=O)c2cccc(N(C)S(=O)(=O)c3ccccc3)c2)c1. The van der Waals surface area contributed by atoms with E-state index in [4.69, 9.17) is 4.74 Å². The van der Waals surface area contributed by atoms with Crippen LogP contribution in [0.2, 0.25) is 0 Å². The lowest BCUT2D eigenvalue weighted by Gasteiger charge is -2.20. The van der Waals surface area contributed by atoms with Crippen molar-refractivity contribution in [2.75, 3.05) is 23.3 Å². The number of rotatable bonds is 7. The van der Waals surface area contributed by atoms with Gasteiger partial charge in [0, 0.05) is 18.3 Å². The van der Waals surface area contributed by atoms with Gasteiger partial charge in [-0.2, -0.15) is 0 Å². The van der Waals surface area contributed by atoms with Crippen LogP contribution in [0.15, 0.2) is 83.8 Å². The third-order valence-corrected chi connectivity index (χ3v) is 6.30. The molecule has 3 aromatic carbocycles.